The van der Waals surface area contributed by atoms with Gasteiger partial charge in [-0.05, 0) is 47.8 Å². The number of benzene rings is 1. The molecule has 0 saturated carbocycles. The molecule has 1 heteroatoms. The third-order valence-corrected chi connectivity index (χ3v) is 4.25. The van der Waals surface area contributed by atoms with Crippen LogP contribution in [0.5, 0.6) is 0 Å². The van der Waals surface area contributed by atoms with Crippen LogP contribution in [-0.2, 0) is 26.3 Å². The van der Waals surface area contributed by atoms with Gasteiger partial charge in [-0.15, -0.1) is 0 Å². The van der Waals surface area contributed by atoms with E-state index in [4.69, 9.17) is 0 Å². The lowest BCUT2D eigenvalue weighted by Gasteiger charge is -2.25. The van der Waals surface area contributed by atoms with E-state index in [-0.39, 0.29) is 5.41 Å². The molecule has 0 N–H and O–H groups in total. The molecule has 0 fully saturated rings. The van der Waals surface area contributed by atoms with Crippen molar-refractivity contribution in [2.45, 2.75) is 52.9 Å². The van der Waals surface area contributed by atoms with E-state index >= 15 is 0 Å². The molecule has 0 spiro atoms. The summed E-state index contributed by atoms with van der Waals surface area (Å²) in [5.41, 5.74) is 4.62. The number of rotatable bonds is 7. The highest BCUT2D eigenvalue weighted by Gasteiger charge is 2.19. The van der Waals surface area contributed by atoms with Gasteiger partial charge in [0.2, 0.25) is 0 Å². The predicted molar refractivity (Wildman–Crippen MR) is 93.9 cm³/mol. The molecule has 1 nitrogen and oxygen atoms in total. The standard InChI is InChI=1S/C21H30N/c1-5-6-7-18-8-10-19(11-9-18)16-21(2,3)17-20-12-14-22(4)15-13-20/h8-15H,5-7,16-17H2,1-4H3/q+1. The normalized spacial score (nSPS) is 11.6. The highest BCUT2D eigenvalue weighted by Crippen LogP contribution is 2.26. The summed E-state index contributed by atoms with van der Waals surface area (Å²) in [4.78, 5) is 0. The Labute approximate surface area is 136 Å². The van der Waals surface area contributed by atoms with Crippen molar-refractivity contribution in [1.29, 1.82) is 0 Å². The molecular formula is C21H30N+. The number of aromatic nitrogens is 1. The number of unbranched alkanes of at least 4 members (excludes halogenated alkanes) is 1. The minimum absolute atomic E-state index is 0.283. The van der Waals surface area contributed by atoms with Gasteiger partial charge in [-0.2, -0.15) is 0 Å². The molecule has 1 aromatic carbocycles. The molecule has 1 heterocycles. The first-order valence-corrected chi connectivity index (χ1v) is 8.50. The summed E-state index contributed by atoms with van der Waals surface area (Å²) in [5, 5.41) is 0. The highest BCUT2D eigenvalue weighted by atomic mass is 14.9. The van der Waals surface area contributed by atoms with Crippen LogP contribution in [-0.4, -0.2) is 0 Å². The average Bonchev–Trinajstić information content (AvgIpc) is 2.48. The van der Waals surface area contributed by atoms with Crippen LogP contribution in [0.2, 0.25) is 0 Å². The van der Waals surface area contributed by atoms with Crippen LogP contribution < -0.4 is 4.57 Å². The zero-order valence-electron chi connectivity index (χ0n) is 14.6. The van der Waals surface area contributed by atoms with Crippen molar-refractivity contribution in [1.82, 2.24) is 0 Å². The highest BCUT2D eigenvalue weighted by molar-refractivity contribution is 5.24. The molecule has 0 aliphatic heterocycles. The molecule has 2 aromatic rings. The van der Waals surface area contributed by atoms with Gasteiger partial charge in [-0.3, -0.25) is 0 Å². The Morgan fingerprint density at radius 1 is 0.818 bits per heavy atom. The van der Waals surface area contributed by atoms with Crippen LogP contribution in [0.3, 0.4) is 0 Å². The smallest absolute Gasteiger partial charge is 0.168 e. The van der Waals surface area contributed by atoms with Gasteiger partial charge in [0, 0.05) is 12.1 Å². The van der Waals surface area contributed by atoms with Gasteiger partial charge >= 0.3 is 0 Å². The van der Waals surface area contributed by atoms with Crippen molar-refractivity contribution in [2.24, 2.45) is 12.5 Å². The minimum Gasteiger partial charge on any atom is -0.208 e. The van der Waals surface area contributed by atoms with E-state index in [9.17, 15) is 0 Å². The monoisotopic (exact) mass is 296 g/mol. The summed E-state index contributed by atoms with van der Waals surface area (Å²) < 4.78 is 2.09. The Morgan fingerprint density at radius 2 is 1.32 bits per heavy atom. The SMILES string of the molecule is CCCCc1ccc(CC(C)(C)Cc2cc[n+](C)cc2)cc1. The van der Waals surface area contributed by atoms with Gasteiger partial charge in [0.1, 0.15) is 7.05 Å². The van der Waals surface area contributed by atoms with E-state index in [1.54, 1.807) is 0 Å². The second-order valence-electron chi connectivity index (χ2n) is 7.31. The maximum absolute atomic E-state index is 2.37. The lowest BCUT2D eigenvalue weighted by molar-refractivity contribution is -0.671. The number of pyridine rings is 1. The molecule has 22 heavy (non-hydrogen) atoms. The number of nitrogens with zero attached hydrogens (tertiary/aromatic N) is 1. The van der Waals surface area contributed by atoms with E-state index in [1.165, 1.54) is 36.0 Å². The molecule has 2 rings (SSSR count). The molecule has 0 saturated heterocycles. The largest absolute Gasteiger partial charge is 0.208 e. The van der Waals surface area contributed by atoms with E-state index in [2.05, 4.69) is 81.2 Å². The molecule has 118 valence electrons. The van der Waals surface area contributed by atoms with E-state index in [0.29, 0.717) is 0 Å². The molecule has 0 atom stereocenters. The van der Waals surface area contributed by atoms with Crippen molar-refractivity contribution >= 4 is 0 Å². The zero-order chi connectivity index (χ0) is 16.0. The van der Waals surface area contributed by atoms with Crippen LogP contribution in [0.25, 0.3) is 0 Å². The quantitative estimate of drug-likeness (QED) is 0.654. The Morgan fingerprint density at radius 3 is 1.86 bits per heavy atom. The van der Waals surface area contributed by atoms with Crippen molar-refractivity contribution in [3.8, 4) is 0 Å². The lowest BCUT2D eigenvalue weighted by Crippen LogP contribution is -2.27. The Kier molecular flexibility index (Phi) is 5.76. The second kappa shape index (κ2) is 7.58. The Hall–Kier alpha value is -1.63. The van der Waals surface area contributed by atoms with E-state index < -0.39 is 0 Å². The molecule has 0 bridgehead atoms. The van der Waals surface area contributed by atoms with Gasteiger partial charge < -0.3 is 0 Å². The molecular weight excluding hydrogens is 266 g/mol. The number of hydrogen-bond acceptors (Lipinski definition) is 0. The Balaban J connectivity index is 1.97. The second-order valence-corrected chi connectivity index (χ2v) is 7.31. The van der Waals surface area contributed by atoms with Gasteiger partial charge in [0.15, 0.2) is 12.4 Å². The first-order valence-electron chi connectivity index (χ1n) is 8.50. The molecule has 1 aromatic heterocycles. The number of hydrogen-bond donors (Lipinski definition) is 0. The minimum atomic E-state index is 0.283. The van der Waals surface area contributed by atoms with Gasteiger partial charge in [0.05, 0.1) is 0 Å². The molecule has 0 unspecified atom stereocenters. The summed E-state index contributed by atoms with van der Waals surface area (Å²) in [6, 6.07) is 13.7. The van der Waals surface area contributed by atoms with Crippen molar-refractivity contribution < 1.29 is 4.57 Å². The van der Waals surface area contributed by atoms with E-state index in [0.717, 1.165) is 12.8 Å². The van der Waals surface area contributed by atoms with Crippen molar-refractivity contribution in [3.63, 3.8) is 0 Å². The fourth-order valence-corrected chi connectivity index (χ4v) is 3.02. The topological polar surface area (TPSA) is 3.88 Å². The first kappa shape index (κ1) is 16.7. The third kappa shape index (κ3) is 5.29. The number of aryl methyl sites for hydroxylation is 2. The van der Waals surface area contributed by atoms with Crippen LogP contribution in [0.4, 0.5) is 0 Å². The van der Waals surface area contributed by atoms with Crippen molar-refractivity contribution in [3.05, 3.63) is 65.5 Å². The van der Waals surface area contributed by atoms with Gasteiger partial charge in [0.25, 0.3) is 0 Å². The lowest BCUT2D eigenvalue weighted by atomic mass is 9.80. The summed E-state index contributed by atoms with van der Waals surface area (Å²) in [7, 11) is 2.06. The zero-order valence-corrected chi connectivity index (χ0v) is 14.6. The average molecular weight is 296 g/mol. The van der Waals surface area contributed by atoms with Crippen LogP contribution >= 0.6 is 0 Å². The summed E-state index contributed by atoms with van der Waals surface area (Å²) >= 11 is 0. The van der Waals surface area contributed by atoms with Crippen molar-refractivity contribution in [2.75, 3.05) is 0 Å². The maximum Gasteiger partial charge on any atom is 0.168 e. The summed E-state index contributed by atoms with van der Waals surface area (Å²) in [6.45, 7) is 6.98. The third-order valence-electron chi connectivity index (χ3n) is 4.25. The van der Waals surface area contributed by atoms with Gasteiger partial charge in [-0.1, -0.05) is 51.5 Å². The molecule has 0 amide bonds. The van der Waals surface area contributed by atoms with Crippen LogP contribution in [0, 0.1) is 5.41 Å². The Bertz CT molecular complexity index is 564. The van der Waals surface area contributed by atoms with E-state index in [1.807, 2.05) is 0 Å². The predicted octanol–water partition coefficient (Wildman–Crippen LogP) is 4.67. The molecule has 0 aliphatic rings. The van der Waals surface area contributed by atoms with Gasteiger partial charge in [-0.25, -0.2) is 4.57 Å². The van der Waals surface area contributed by atoms with Crippen LogP contribution in [0.15, 0.2) is 48.8 Å². The first-order chi connectivity index (χ1) is 10.5. The molecule has 0 radical (unpaired) electrons. The maximum atomic E-state index is 2.37. The summed E-state index contributed by atoms with van der Waals surface area (Å²) in [6.07, 6.45) is 10.3. The fourth-order valence-electron chi connectivity index (χ4n) is 3.02. The van der Waals surface area contributed by atoms with Crippen LogP contribution in [0.1, 0.15) is 50.3 Å². The fraction of sp³-hybridized carbons (Fsp3) is 0.476. The summed E-state index contributed by atoms with van der Waals surface area (Å²) in [5.74, 6) is 0. The molecule has 0 aliphatic carbocycles.